The first-order valence-electron chi connectivity index (χ1n) is 6.95. The number of para-hydroxylation sites is 1. The van der Waals surface area contributed by atoms with Crippen LogP contribution in [-0.2, 0) is 0 Å². The molecule has 0 radical (unpaired) electrons. The van der Waals surface area contributed by atoms with E-state index < -0.39 is 5.82 Å². The van der Waals surface area contributed by atoms with Crippen molar-refractivity contribution >= 4 is 16.8 Å². The van der Waals surface area contributed by atoms with E-state index in [0.29, 0.717) is 18.1 Å². The summed E-state index contributed by atoms with van der Waals surface area (Å²) in [6.07, 6.45) is 2.51. The highest BCUT2D eigenvalue weighted by Gasteiger charge is 2.15. The van der Waals surface area contributed by atoms with Gasteiger partial charge in [0.15, 0.2) is 17.5 Å². The Kier molecular flexibility index (Phi) is 3.56. The van der Waals surface area contributed by atoms with Gasteiger partial charge >= 0.3 is 0 Å². The topological polar surface area (TPSA) is 51.0 Å². The normalized spacial score (nSPS) is 11.0. The maximum Gasteiger partial charge on any atom is 0.186 e. The number of aromatic nitrogens is 2. The second-order valence-electron chi connectivity index (χ2n) is 4.87. The van der Waals surface area contributed by atoms with Crippen LogP contribution in [0.15, 0.2) is 34.9 Å². The van der Waals surface area contributed by atoms with Crippen molar-refractivity contribution in [3.63, 3.8) is 0 Å². The Balaban J connectivity index is 2.11. The fourth-order valence-corrected chi connectivity index (χ4v) is 2.19. The fourth-order valence-electron chi connectivity index (χ4n) is 2.19. The first kappa shape index (κ1) is 13.5. The molecule has 0 saturated heterocycles. The third-order valence-corrected chi connectivity index (χ3v) is 3.28. The van der Waals surface area contributed by atoms with E-state index in [9.17, 15) is 4.39 Å². The first-order valence-corrected chi connectivity index (χ1v) is 6.95. The van der Waals surface area contributed by atoms with Gasteiger partial charge in [0.25, 0.3) is 0 Å². The smallest absolute Gasteiger partial charge is 0.186 e. The zero-order valence-corrected chi connectivity index (χ0v) is 12.0. The molecule has 0 atom stereocenters. The zero-order chi connectivity index (χ0) is 14.8. The van der Waals surface area contributed by atoms with Crippen LogP contribution in [0.1, 0.15) is 19.0 Å². The van der Waals surface area contributed by atoms with Crippen LogP contribution in [-0.4, -0.2) is 16.5 Å². The van der Waals surface area contributed by atoms with Gasteiger partial charge in [-0.3, -0.25) is 0 Å². The van der Waals surface area contributed by atoms with Crippen molar-refractivity contribution in [1.82, 2.24) is 9.97 Å². The van der Waals surface area contributed by atoms with Crippen LogP contribution in [0.4, 0.5) is 10.2 Å². The van der Waals surface area contributed by atoms with Gasteiger partial charge in [-0.05, 0) is 19.4 Å². The molecule has 2 aromatic heterocycles. The maximum absolute atomic E-state index is 14.0. The highest BCUT2D eigenvalue weighted by molar-refractivity contribution is 5.92. The van der Waals surface area contributed by atoms with Crippen LogP contribution < -0.4 is 5.32 Å². The Hall–Kier alpha value is -2.43. The van der Waals surface area contributed by atoms with Gasteiger partial charge in [0.1, 0.15) is 11.8 Å². The summed E-state index contributed by atoms with van der Waals surface area (Å²) < 4.78 is 19.6. The molecule has 4 nitrogen and oxygen atoms in total. The van der Waals surface area contributed by atoms with Gasteiger partial charge in [-0.1, -0.05) is 25.1 Å². The molecule has 21 heavy (non-hydrogen) atoms. The van der Waals surface area contributed by atoms with Crippen LogP contribution in [0, 0.1) is 12.7 Å². The SMILES string of the molecule is CCCNc1nc(-c2coc3ccccc23)nc(C)c1F. The predicted molar refractivity (Wildman–Crippen MR) is 80.7 cm³/mol. The Bertz CT molecular complexity index is 782. The molecule has 3 rings (SSSR count). The Morgan fingerprint density at radius 3 is 2.86 bits per heavy atom. The molecule has 0 bridgehead atoms. The molecular formula is C16H16FN3O. The van der Waals surface area contributed by atoms with Gasteiger partial charge in [0.05, 0.1) is 11.3 Å². The molecule has 3 aromatic rings. The molecule has 0 saturated carbocycles. The average Bonchev–Trinajstić information content (AvgIpc) is 2.92. The van der Waals surface area contributed by atoms with Crippen molar-refractivity contribution in [1.29, 1.82) is 0 Å². The Morgan fingerprint density at radius 1 is 1.24 bits per heavy atom. The number of halogens is 1. The number of nitrogens with one attached hydrogen (secondary N) is 1. The van der Waals surface area contributed by atoms with E-state index in [1.54, 1.807) is 13.2 Å². The predicted octanol–water partition coefficient (Wildman–Crippen LogP) is 4.16. The summed E-state index contributed by atoms with van der Waals surface area (Å²) in [4.78, 5) is 8.55. The molecule has 0 spiro atoms. The zero-order valence-electron chi connectivity index (χ0n) is 12.0. The lowest BCUT2D eigenvalue weighted by Crippen LogP contribution is -2.08. The minimum absolute atomic E-state index is 0.240. The Labute approximate surface area is 122 Å². The lowest BCUT2D eigenvalue weighted by atomic mass is 10.1. The van der Waals surface area contributed by atoms with Crippen molar-refractivity contribution in [2.45, 2.75) is 20.3 Å². The summed E-state index contributed by atoms with van der Waals surface area (Å²) in [6.45, 7) is 4.32. The van der Waals surface area contributed by atoms with E-state index in [1.165, 1.54) is 0 Å². The second-order valence-corrected chi connectivity index (χ2v) is 4.87. The number of rotatable bonds is 4. The average molecular weight is 285 g/mol. The van der Waals surface area contributed by atoms with Crippen molar-refractivity contribution in [3.05, 3.63) is 42.0 Å². The van der Waals surface area contributed by atoms with E-state index in [4.69, 9.17) is 4.42 Å². The quantitative estimate of drug-likeness (QED) is 0.782. The second kappa shape index (κ2) is 5.52. The number of fused-ring (bicyclic) bond motifs is 1. The molecule has 108 valence electrons. The van der Waals surface area contributed by atoms with Gasteiger partial charge in [0.2, 0.25) is 0 Å². The van der Waals surface area contributed by atoms with E-state index in [0.717, 1.165) is 23.0 Å². The number of hydrogen-bond donors (Lipinski definition) is 1. The van der Waals surface area contributed by atoms with Gasteiger partial charge in [-0.25, -0.2) is 14.4 Å². The number of hydrogen-bond acceptors (Lipinski definition) is 4. The van der Waals surface area contributed by atoms with E-state index in [2.05, 4.69) is 15.3 Å². The standard InChI is InChI=1S/C16H16FN3O/c1-3-8-18-16-14(17)10(2)19-15(20-16)12-9-21-13-7-5-4-6-11(12)13/h4-7,9H,3,8H2,1-2H3,(H,18,19,20). The van der Waals surface area contributed by atoms with Gasteiger partial charge in [0, 0.05) is 11.9 Å². The van der Waals surface area contributed by atoms with Gasteiger partial charge < -0.3 is 9.73 Å². The summed E-state index contributed by atoms with van der Waals surface area (Å²) in [5.41, 5.74) is 1.86. The van der Waals surface area contributed by atoms with Crippen LogP contribution in [0.25, 0.3) is 22.4 Å². The molecule has 0 aliphatic carbocycles. The van der Waals surface area contributed by atoms with Gasteiger partial charge in [-0.15, -0.1) is 0 Å². The van der Waals surface area contributed by atoms with Crippen molar-refractivity contribution in [3.8, 4) is 11.4 Å². The summed E-state index contributed by atoms with van der Waals surface area (Å²) in [5.74, 6) is 0.307. The number of furan rings is 1. The highest BCUT2D eigenvalue weighted by Crippen LogP contribution is 2.29. The number of benzene rings is 1. The first-order chi connectivity index (χ1) is 10.2. The van der Waals surface area contributed by atoms with Crippen LogP contribution in [0.2, 0.25) is 0 Å². The maximum atomic E-state index is 14.0. The summed E-state index contributed by atoms with van der Waals surface area (Å²) in [5, 5.41) is 3.92. The van der Waals surface area contributed by atoms with Gasteiger partial charge in [-0.2, -0.15) is 0 Å². The minimum atomic E-state index is -0.403. The molecule has 5 heteroatoms. The van der Waals surface area contributed by atoms with Crippen LogP contribution >= 0.6 is 0 Å². The summed E-state index contributed by atoms with van der Waals surface area (Å²) in [6, 6.07) is 7.65. The third kappa shape index (κ3) is 2.46. The molecule has 0 amide bonds. The van der Waals surface area contributed by atoms with E-state index >= 15 is 0 Å². The van der Waals surface area contributed by atoms with Crippen molar-refractivity contribution < 1.29 is 8.81 Å². The number of aryl methyl sites for hydroxylation is 1. The highest BCUT2D eigenvalue weighted by atomic mass is 19.1. The van der Waals surface area contributed by atoms with Crippen LogP contribution in [0.5, 0.6) is 0 Å². The van der Waals surface area contributed by atoms with Crippen molar-refractivity contribution in [2.24, 2.45) is 0 Å². The third-order valence-electron chi connectivity index (χ3n) is 3.28. The molecule has 0 aliphatic rings. The van der Waals surface area contributed by atoms with Crippen molar-refractivity contribution in [2.75, 3.05) is 11.9 Å². The van der Waals surface area contributed by atoms with Crippen LogP contribution in [0.3, 0.4) is 0 Å². The molecular weight excluding hydrogens is 269 g/mol. The van der Waals surface area contributed by atoms with E-state index in [-0.39, 0.29) is 5.82 Å². The lowest BCUT2D eigenvalue weighted by Gasteiger charge is -2.08. The molecule has 0 aliphatic heterocycles. The Morgan fingerprint density at radius 2 is 2.05 bits per heavy atom. The lowest BCUT2D eigenvalue weighted by molar-refractivity contribution is 0.604. The largest absolute Gasteiger partial charge is 0.464 e. The monoisotopic (exact) mass is 285 g/mol. The number of anilines is 1. The minimum Gasteiger partial charge on any atom is -0.464 e. The summed E-state index contributed by atoms with van der Waals surface area (Å²) in [7, 11) is 0. The molecule has 0 unspecified atom stereocenters. The molecule has 2 heterocycles. The fraction of sp³-hybridized carbons (Fsp3) is 0.250. The van der Waals surface area contributed by atoms with E-state index in [1.807, 2.05) is 31.2 Å². The molecule has 1 N–H and O–H groups in total. The molecule has 0 fully saturated rings. The molecule has 1 aromatic carbocycles. The summed E-state index contributed by atoms with van der Waals surface area (Å²) >= 11 is 0. The number of nitrogens with zero attached hydrogens (tertiary/aromatic N) is 2.